The van der Waals surface area contributed by atoms with Crippen molar-refractivity contribution in [3.8, 4) is 5.75 Å². The van der Waals surface area contributed by atoms with Crippen molar-refractivity contribution in [2.75, 3.05) is 26.2 Å². The molecule has 23 heavy (non-hydrogen) atoms. The Labute approximate surface area is 140 Å². The van der Waals surface area contributed by atoms with Gasteiger partial charge in [0.1, 0.15) is 24.2 Å². The number of carbonyl (C=O) groups is 2. The molecule has 6 nitrogen and oxygen atoms in total. The van der Waals surface area contributed by atoms with Gasteiger partial charge in [0.2, 0.25) is 5.91 Å². The fourth-order valence-electron chi connectivity index (χ4n) is 2.43. The molecule has 1 aliphatic heterocycles. The van der Waals surface area contributed by atoms with E-state index in [-0.39, 0.29) is 37.3 Å². The van der Waals surface area contributed by atoms with Crippen molar-refractivity contribution in [3.05, 3.63) is 30.1 Å². The second kappa shape index (κ2) is 9.32. The van der Waals surface area contributed by atoms with Gasteiger partial charge in [-0.25, -0.2) is 4.39 Å². The molecule has 128 valence electrons. The maximum absolute atomic E-state index is 12.7. The highest BCUT2D eigenvalue weighted by molar-refractivity contribution is 5.85. The Hall–Kier alpha value is -1.86. The number of rotatable bonds is 7. The number of halogens is 2. The first kappa shape index (κ1) is 19.2. The number of aliphatic carboxylic acids is 1. The van der Waals surface area contributed by atoms with Gasteiger partial charge in [0, 0.05) is 0 Å². The topological polar surface area (TPSA) is 78.9 Å². The van der Waals surface area contributed by atoms with Gasteiger partial charge < -0.3 is 15.2 Å². The molecule has 2 rings (SSSR count). The highest BCUT2D eigenvalue weighted by Crippen LogP contribution is 2.16. The summed E-state index contributed by atoms with van der Waals surface area (Å²) in [6.45, 7) is 1.27. The number of carboxylic acid groups (broad SMARTS) is 1. The number of carboxylic acids is 1. The van der Waals surface area contributed by atoms with E-state index in [4.69, 9.17) is 9.84 Å². The van der Waals surface area contributed by atoms with E-state index in [2.05, 4.69) is 5.32 Å². The first-order chi connectivity index (χ1) is 10.6. The average Bonchev–Trinajstić information content (AvgIpc) is 2.94. The minimum Gasteiger partial charge on any atom is -0.492 e. The Bertz CT molecular complexity index is 527. The molecule has 1 amide bonds. The van der Waals surface area contributed by atoms with Gasteiger partial charge in [-0.3, -0.25) is 14.5 Å². The SMILES string of the molecule is Cl.O=C(CN1CCCC1C(=O)O)NCCOc1ccc(F)cc1. The number of likely N-dealkylation sites (tertiary alicyclic amines) is 1. The van der Waals surface area contributed by atoms with Gasteiger partial charge in [-0.2, -0.15) is 0 Å². The van der Waals surface area contributed by atoms with Gasteiger partial charge in [0.15, 0.2) is 0 Å². The molecule has 8 heteroatoms. The lowest BCUT2D eigenvalue weighted by Gasteiger charge is -2.20. The Balaban J connectivity index is 0.00000264. The van der Waals surface area contributed by atoms with Gasteiger partial charge in [-0.1, -0.05) is 0 Å². The fourth-order valence-corrected chi connectivity index (χ4v) is 2.43. The second-order valence-corrected chi connectivity index (χ2v) is 5.12. The second-order valence-electron chi connectivity index (χ2n) is 5.12. The Kier molecular flexibility index (Phi) is 7.77. The van der Waals surface area contributed by atoms with Crippen LogP contribution in [0.3, 0.4) is 0 Å². The predicted octanol–water partition coefficient (Wildman–Crippen LogP) is 1.29. The number of amides is 1. The number of ether oxygens (including phenoxy) is 1. The summed E-state index contributed by atoms with van der Waals surface area (Å²) in [5, 5.41) is 11.7. The van der Waals surface area contributed by atoms with Crippen molar-refractivity contribution in [3.63, 3.8) is 0 Å². The number of benzene rings is 1. The van der Waals surface area contributed by atoms with E-state index in [9.17, 15) is 14.0 Å². The van der Waals surface area contributed by atoms with Crippen LogP contribution >= 0.6 is 12.4 Å². The molecule has 2 N–H and O–H groups in total. The van der Waals surface area contributed by atoms with Gasteiger partial charge in [-0.05, 0) is 43.7 Å². The third kappa shape index (κ3) is 6.03. The highest BCUT2D eigenvalue weighted by atomic mass is 35.5. The Morgan fingerprint density at radius 3 is 2.70 bits per heavy atom. The van der Waals surface area contributed by atoms with E-state index < -0.39 is 12.0 Å². The summed E-state index contributed by atoms with van der Waals surface area (Å²) in [4.78, 5) is 24.5. The van der Waals surface area contributed by atoms with Crippen molar-refractivity contribution in [1.82, 2.24) is 10.2 Å². The predicted molar refractivity (Wildman–Crippen MR) is 84.4 cm³/mol. The van der Waals surface area contributed by atoms with Crippen molar-refractivity contribution < 1.29 is 23.8 Å². The largest absolute Gasteiger partial charge is 0.492 e. The van der Waals surface area contributed by atoms with E-state index in [0.717, 1.165) is 6.42 Å². The van der Waals surface area contributed by atoms with E-state index in [1.165, 1.54) is 24.3 Å². The molecule has 1 unspecified atom stereocenters. The minimum atomic E-state index is -0.884. The molecule has 1 aliphatic rings. The average molecular weight is 347 g/mol. The molecule has 0 spiro atoms. The molecule has 0 saturated carbocycles. The van der Waals surface area contributed by atoms with Crippen LogP contribution in [0.15, 0.2) is 24.3 Å². The van der Waals surface area contributed by atoms with Gasteiger partial charge in [-0.15, -0.1) is 12.4 Å². The standard InChI is InChI=1S/C15H19FN2O4.ClH/c16-11-3-5-12(6-4-11)22-9-7-17-14(19)10-18-8-1-2-13(18)15(20)21;/h3-6,13H,1-2,7-10H2,(H,17,19)(H,20,21);1H. The quantitative estimate of drug-likeness (QED) is 0.727. The lowest BCUT2D eigenvalue weighted by molar-refractivity contribution is -0.142. The number of carbonyl (C=O) groups excluding carboxylic acids is 1. The van der Waals surface area contributed by atoms with Gasteiger partial charge >= 0.3 is 5.97 Å². The molecule has 0 aliphatic carbocycles. The first-order valence-corrected chi connectivity index (χ1v) is 7.18. The van der Waals surface area contributed by atoms with Crippen LogP contribution in [0, 0.1) is 5.82 Å². The summed E-state index contributed by atoms with van der Waals surface area (Å²) in [5.41, 5.74) is 0. The van der Waals surface area contributed by atoms with Crippen LogP contribution in [0.1, 0.15) is 12.8 Å². The number of hydrogen-bond donors (Lipinski definition) is 2. The van der Waals surface area contributed by atoms with Crippen LogP contribution in [0.5, 0.6) is 5.75 Å². The molecule has 0 radical (unpaired) electrons. The summed E-state index contributed by atoms with van der Waals surface area (Å²) in [6.07, 6.45) is 1.37. The van der Waals surface area contributed by atoms with Gasteiger partial charge in [0.25, 0.3) is 0 Å². The molecular formula is C15H20ClFN2O4. The lowest BCUT2D eigenvalue weighted by atomic mass is 10.2. The van der Waals surface area contributed by atoms with Crippen LogP contribution < -0.4 is 10.1 Å². The summed E-state index contributed by atoms with van der Waals surface area (Å²) in [7, 11) is 0. The zero-order valence-corrected chi connectivity index (χ0v) is 13.4. The van der Waals surface area contributed by atoms with E-state index >= 15 is 0 Å². The van der Waals surface area contributed by atoms with Crippen LogP contribution in [-0.2, 0) is 9.59 Å². The highest BCUT2D eigenvalue weighted by Gasteiger charge is 2.31. The van der Waals surface area contributed by atoms with Crippen molar-refractivity contribution in [1.29, 1.82) is 0 Å². The lowest BCUT2D eigenvalue weighted by Crippen LogP contribution is -2.43. The zero-order valence-electron chi connectivity index (χ0n) is 12.5. The maximum Gasteiger partial charge on any atom is 0.320 e. The summed E-state index contributed by atoms with van der Waals surface area (Å²) >= 11 is 0. The monoisotopic (exact) mass is 346 g/mol. The molecule has 1 aromatic carbocycles. The zero-order chi connectivity index (χ0) is 15.9. The molecule has 0 aromatic heterocycles. The third-order valence-electron chi connectivity index (χ3n) is 3.50. The number of nitrogens with one attached hydrogen (secondary N) is 1. The summed E-state index contributed by atoms with van der Waals surface area (Å²) in [5.74, 6) is -0.916. The maximum atomic E-state index is 12.7. The summed E-state index contributed by atoms with van der Waals surface area (Å²) < 4.78 is 18.1. The van der Waals surface area contributed by atoms with Crippen molar-refractivity contribution in [2.24, 2.45) is 0 Å². The van der Waals surface area contributed by atoms with Crippen molar-refractivity contribution >= 4 is 24.3 Å². The summed E-state index contributed by atoms with van der Waals surface area (Å²) in [6, 6.07) is 5.06. The number of nitrogens with zero attached hydrogens (tertiary/aromatic N) is 1. The molecule has 1 atom stereocenters. The third-order valence-corrected chi connectivity index (χ3v) is 3.50. The molecule has 0 bridgehead atoms. The fraction of sp³-hybridized carbons (Fsp3) is 0.467. The van der Waals surface area contributed by atoms with Crippen LogP contribution in [0.4, 0.5) is 4.39 Å². The molecule has 1 saturated heterocycles. The van der Waals surface area contributed by atoms with E-state index in [0.29, 0.717) is 25.3 Å². The first-order valence-electron chi connectivity index (χ1n) is 7.18. The Morgan fingerprint density at radius 2 is 2.04 bits per heavy atom. The molecule has 1 heterocycles. The van der Waals surface area contributed by atoms with E-state index in [1.807, 2.05) is 0 Å². The van der Waals surface area contributed by atoms with Gasteiger partial charge in [0.05, 0.1) is 13.1 Å². The molecule has 1 fully saturated rings. The van der Waals surface area contributed by atoms with Crippen LogP contribution in [0.2, 0.25) is 0 Å². The minimum absolute atomic E-state index is 0. The van der Waals surface area contributed by atoms with Crippen LogP contribution in [-0.4, -0.2) is 54.2 Å². The molecule has 1 aromatic rings. The normalized spacial score (nSPS) is 17.3. The Morgan fingerprint density at radius 1 is 1.35 bits per heavy atom. The van der Waals surface area contributed by atoms with Crippen LogP contribution in [0.25, 0.3) is 0 Å². The smallest absolute Gasteiger partial charge is 0.320 e. The van der Waals surface area contributed by atoms with E-state index in [1.54, 1.807) is 4.90 Å². The number of hydrogen-bond acceptors (Lipinski definition) is 4. The molecular weight excluding hydrogens is 327 g/mol. The van der Waals surface area contributed by atoms with Crippen molar-refractivity contribution in [2.45, 2.75) is 18.9 Å².